The predicted molar refractivity (Wildman–Crippen MR) is 83.9 cm³/mol. The van der Waals surface area contributed by atoms with Crippen LogP contribution in [0.15, 0.2) is 24.3 Å². The molecule has 0 heterocycles. The zero-order valence-electron chi connectivity index (χ0n) is 12.4. The SMILES string of the molecule is CCNCC1(c2ccccc2Cl)CC(CC)(CC)C1. The monoisotopic (exact) mass is 279 g/mol. The fourth-order valence-corrected chi connectivity index (χ4v) is 4.14. The lowest BCUT2D eigenvalue weighted by molar-refractivity contribution is 0.0133. The number of benzene rings is 1. The van der Waals surface area contributed by atoms with Crippen molar-refractivity contribution in [1.29, 1.82) is 0 Å². The Morgan fingerprint density at radius 1 is 1.11 bits per heavy atom. The normalized spacial score (nSPS) is 20.0. The van der Waals surface area contributed by atoms with Crippen LogP contribution >= 0.6 is 11.6 Å². The van der Waals surface area contributed by atoms with Crippen LogP contribution in [0.25, 0.3) is 0 Å². The van der Waals surface area contributed by atoms with Gasteiger partial charge in [0, 0.05) is 17.0 Å². The Morgan fingerprint density at radius 2 is 1.74 bits per heavy atom. The minimum atomic E-state index is 0.250. The maximum absolute atomic E-state index is 6.45. The molecule has 1 aliphatic rings. The lowest BCUT2D eigenvalue weighted by Crippen LogP contribution is -2.54. The summed E-state index contributed by atoms with van der Waals surface area (Å²) in [5, 5.41) is 4.48. The standard InChI is InChI=1S/C17H26ClN/c1-4-16(5-2)11-17(12-16,13-19-6-3)14-9-7-8-10-15(14)18/h7-10,19H,4-6,11-13H2,1-3H3. The van der Waals surface area contributed by atoms with E-state index in [0.717, 1.165) is 18.1 Å². The van der Waals surface area contributed by atoms with Crippen molar-refractivity contribution in [3.05, 3.63) is 34.9 Å². The third-order valence-corrected chi connectivity index (χ3v) is 5.41. The first-order valence-corrected chi connectivity index (χ1v) is 7.95. The molecule has 1 aromatic carbocycles. The Morgan fingerprint density at radius 3 is 2.26 bits per heavy atom. The van der Waals surface area contributed by atoms with Gasteiger partial charge in [0.2, 0.25) is 0 Å². The summed E-state index contributed by atoms with van der Waals surface area (Å²) in [6, 6.07) is 8.39. The first-order chi connectivity index (χ1) is 9.11. The summed E-state index contributed by atoms with van der Waals surface area (Å²) < 4.78 is 0. The van der Waals surface area contributed by atoms with Gasteiger partial charge in [-0.2, -0.15) is 0 Å². The lowest BCUT2D eigenvalue weighted by Gasteiger charge is -2.57. The number of rotatable bonds is 6. The highest BCUT2D eigenvalue weighted by Gasteiger charge is 2.53. The van der Waals surface area contributed by atoms with Crippen molar-refractivity contribution in [3.8, 4) is 0 Å². The summed E-state index contributed by atoms with van der Waals surface area (Å²) in [5.41, 5.74) is 2.13. The van der Waals surface area contributed by atoms with E-state index in [9.17, 15) is 0 Å². The second-order valence-corrected chi connectivity index (χ2v) is 6.51. The van der Waals surface area contributed by atoms with Crippen molar-refractivity contribution in [2.24, 2.45) is 5.41 Å². The average molecular weight is 280 g/mol. The smallest absolute Gasteiger partial charge is 0.0444 e. The van der Waals surface area contributed by atoms with Gasteiger partial charge in [0.15, 0.2) is 0 Å². The van der Waals surface area contributed by atoms with E-state index in [1.54, 1.807) is 0 Å². The molecule has 0 atom stereocenters. The van der Waals surface area contributed by atoms with E-state index in [4.69, 9.17) is 11.6 Å². The zero-order chi connectivity index (χ0) is 13.9. The largest absolute Gasteiger partial charge is 0.316 e. The number of hydrogen-bond acceptors (Lipinski definition) is 1. The molecular formula is C17H26ClN. The molecule has 1 N–H and O–H groups in total. The first kappa shape index (κ1) is 14.9. The van der Waals surface area contributed by atoms with Crippen molar-refractivity contribution < 1.29 is 0 Å². The van der Waals surface area contributed by atoms with Gasteiger partial charge in [0.05, 0.1) is 0 Å². The maximum Gasteiger partial charge on any atom is 0.0444 e. The molecule has 0 spiro atoms. The van der Waals surface area contributed by atoms with E-state index in [1.165, 1.54) is 31.2 Å². The second-order valence-electron chi connectivity index (χ2n) is 6.10. The molecule has 0 aliphatic heterocycles. The van der Waals surface area contributed by atoms with Crippen molar-refractivity contribution >= 4 is 11.6 Å². The van der Waals surface area contributed by atoms with Crippen molar-refractivity contribution in [1.82, 2.24) is 5.32 Å². The van der Waals surface area contributed by atoms with Crippen LogP contribution in [-0.4, -0.2) is 13.1 Å². The number of nitrogens with one attached hydrogen (secondary N) is 1. The van der Waals surface area contributed by atoms with Crippen LogP contribution in [-0.2, 0) is 5.41 Å². The molecule has 0 amide bonds. The molecule has 1 aromatic rings. The van der Waals surface area contributed by atoms with Gasteiger partial charge in [-0.05, 0) is 36.4 Å². The van der Waals surface area contributed by atoms with E-state index in [0.29, 0.717) is 5.41 Å². The highest BCUT2D eigenvalue weighted by atomic mass is 35.5. The second kappa shape index (κ2) is 5.85. The Balaban J connectivity index is 2.26. The van der Waals surface area contributed by atoms with E-state index >= 15 is 0 Å². The van der Waals surface area contributed by atoms with Gasteiger partial charge in [-0.15, -0.1) is 0 Å². The Kier molecular flexibility index (Phi) is 4.58. The number of halogens is 1. The van der Waals surface area contributed by atoms with Gasteiger partial charge in [0.1, 0.15) is 0 Å². The Hall–Kier alpha value is -0.530. The quantitative estimate of drug-likeness (QED) is 0.790. The van der Waals surface area contributed by atoms with Gasteiger partial charge < -0.3 is 5.32 Å². The summed E-state index contributed by atoms with van der Waals surface area (Å²) in [6.07, 6.45) is 5.09. The van der Waals surface area contributed by atoms with Gasteiger partial charge >= 0.3 is 0 Å². The highest BCUT2D eigenvalue weighted by Crippen LogP contribution is 2.59. The summed E-state index contributed by atoms with van der Waals surface area (Å²) in [5.74, 6) is 0. The average Bonchev–Trinajstić information content (AvgIpc) is 2.40. The Labute approximate surface area is 122 Å². The molecule has 106 valence electrons. The van der Waals surface area contributed by atoms with Crippen molar-refractivity contribution in [2.75, 3.05) is 13.1 Å². The van der Waals surface area contributed by atoms with Crippen molar-refractivity contribution in [2.45, 2.75) is 51.9 Å². The first-order valence-electron chi connectivity index (χ1n) is 7.57. The topological polar surface area (TPSA) is 12.0 Å². The molecule has 1 fully saturated rings. The summed E-state index contributed by atoms with van der Waals surface area (Å²) in [6.45, 7) is 8.90. The molecule has 1 nitrogen and oxygen atoms in total. The molecule has 0 radical (unpaired) electrons. The fraction of sp³-hybridized carbons (Fsp3) is 0.647. The van der Waals surface area contributed by atoms with Crippen LogP contribution in [0.1, 0.15) is 52.0 Å². The highest BCUT2D eigenvalue weighted by molar-refractivity contribution is 6.31. The maximum atomic E-state index is 6.45. The molecule has 19 heavy (non-hydrogen) atoms. The van der Waals surface area contributed by atoms with E-state index in [1.807, 2.05) is 12.1 Å². The van der Waals surface area contributed by atoms with Crippen LogP contribution in [0.4, 0.5) is 0 Å². The minimum absolute atomic E-state index is 0.250. The summed E-state index contributed by atoms with van der Waals surface area (Å²) in [4.78, 5) is 0. The molecular weight excluding hydrogens is 254 g/mol. The van der Waals surface area contributed by atoms with Crippen LogP contribution in [0, 0.1) is 5.41 Å². The summed E-state index contributed by atoms with van der Waals surface area (Å²) in [7, 11) is 0. The minimum Gasteiger partial charge on any atom is -0.316 e. The van der Waals surface area contributed by atoms with Crippen LogP contribution in [0.2, 0.25) is 5.02 Å². The van der Waals surface area contributed by atoms with Gasteiger partial charge in [-0.3, -0.25) is 0 Å². The van der Waals surface area contributed by atoms with Crippen LogP contribution in [0.5, 0.6) is 0 Å². The Bertz CT molecular complexity index is 415. The molecule has 1 aliphatic carbocycles. The zero-order valence-corrected chi connectivity index (χ0v) is 13.2. The molecule has 0 saturated heterocycles. The molecule has 0 bridgehead atoms. The van der Waals surface area contributed by atoms with Gasteiger partial charge in [0.25, 0.3) is 0 Å². The molecule has 1 saturated carbocycles. The van der Waals surface area contributed by atoms with Gasteiger partial charge in [-0.25, -0.2) is 0 Å². The van der Waals surface area contributed by atoms with Crippen LogP contribution in [0.3, 0.4) is 0 Å². The third kappa shape index (κ3) is 2.68. The lowest BCUT2D eigenvalue weighted by atomic mass is 9.48. The fourth-order valence-electron chi connectivity index (χ4n) is 3.80. The molecule has 2 heteroatoms. The molecule has 0 aromatic heterocycles. The predicted octanol–water partition coefficient (Wildman–Crippen LogP) is 4.79. The molecule has 2 rings (SSSR count). The van der Waals surface area contributed by atoms with E-state index in [2.05, 4.69) is 38.2 Å². The third-order valence-electron chi connectivity index (χ3n) is 5.09. The summed E-state index contributed by atoms with van der Waals surface area (Å²) >= 11 is 6.45. The number of likely N-dealkylation sites (N-methyl/N-ethyl adjacent to an activating group) is 1. The van der Waals surface area contributed by atoms with Crippen LogP contribution < -0.4 is 5.32 Å². The van der Waals surface area contributed by atoms with Gasteiger partial charge in [-0.1, -0.05) is 63.4 Å². The van der Waals surface area contributed by atoms with E-state index < -0.39 is 0 Å². The van der Waals surface area contributed by atoms with Crippen molar-refractivity contribution in [3.63, 3.8) is 0 Å². The van der Waals surface area contributed by atoms with E-state index in [-0.39, 0.29) is 5.41 Å². The number of hydrogen-bond donors (Lipinski definition) is 1. The molecule has 0 unspecified atom stereocenters.